The van der Waals surface area contributed by atoms with E-state index in [1.807, 2.05) is 30.3 Å². The van der Waals surface area contributed by atoms with Crippen molar-refractivity contribution < 1.29 is 22.7 Å². The maximum Gasteiger partial charge on any atom is 0.245 e. The molecule has 31 heavy (non-hydrogen) atoms. The van der Waals surface area contributed by atoms with Crippen LogP contribution < -0.4 is 19.1 Å². The number of sulfonamides is 1. The molecule has 0 unspecified atom stereocenters. The Morgan fingerprint density at radius 1 is 0.935 bits per heavy atom. The van der Waals surface area contributed by atoms with E-state index in [2.05, 4.69) is 5.32 Å². The van der Waals surface area contributed by atoms with Crippen LogP contribution in [0.15, 0.2) is 78.9 Å². The summed E-state index contributed by atoms with van der Waals surface area (Å²) in [6.07, 6.45) is 1.06. The highest BCUT2D eigenvalue weighted by Crippen LogP contribution is 2.25. The van der Waals surface area contributed by atoms with Crippen LogP contribution in [0.5, 0.6) is 11.5 Å². The molecule has 0 aliphatic heterocycles. The fraction of sp³-hybridized carbons (Fsp3) is 0.174. The predicted molar refractivity (Wildman–Crippen MR) is 121 cm³/mol. The lowest BCUT2D eigenvalue weighted by atomic mass is 10.2. The van der Waals surface area contributed by atoms with Crippen molar-refractivity contribution in [3.8, 4) is 11.5 Å². The maximum atomic E-state index is 12.5. The number of ether oxygens (including phenoxy) is 2. The molecule has 0 aliphatic rings. The summed E-state index contributed by atoms with van der Waals surface area (Å²) in [7, 11) is -2.19. The molecule has 0 fully saturated rings. The first-order valence-electron chi connectivity index (χ1n) is 9.54. The summed E-state index contributed by atoms with van der Waals surface area (Å²) in [5.74, 6) is 0.598. The molecule has 8 heteroatoms. The van der Waals surface area contributed by atoms with Gasteiger partial charge >= 0.3 is 0 Å². The van der Waals surface area contributed by atoms with Crippen LogP contribution in [-0.4, -0.2) is 34.2 Å². The van der Waals surface area contributed by atoms with Gasteiger partial charge in [0.25, 0.3) is 0 Å². The molecule has 0 spiro atoms. The van der Waals surface area contributed by atoms with Crippen molar-refractivity contribution in [2.24, 2.45) is 0 Å². The van der Waals surface area contributed by atoms with Gasteiger partial charge in [-0.05, 0) is 42.0 Å². The molecule has 0 heterocycles. The molecule has 0 radical (unpaired) electrons. The molecule has 0 atom stereocenters. The van der Waals surface area contributed by atoms with Crippen LogP contribution in [0.2, 0.25) is 0 Å². The molecule has 0 aliphatic carbocycles. The number of para-hydroxylation sites is 2. The molecule has 0 aromatic heterocycles. The van der Waals surface area contributed by atoms with Crippen LogP contribution in [0.4, 0.5) is 11.4 Å². The standard InChI is InChI=1S/C23H24N2O5S/c1-29-22-11-7-6-10-21(22)24-23(26)16-25(31(2,27)28)19-12-14-20(15-13-19)30-17-18-8-4-3-5-9-18/h3-15H,16-17H2,1-2H3,(H,24,26). The van der Waals surface area contributed by atoms with E-state index in [-0.39, 0.29) is 6.54 Å². The summed E-state index contributed by atoms with van der Waals surface area (Å²) in [6.45, 7) is 0.0262. The highest BCUT2D eigenvalue weighted by atomic mass is 32.2. The van der Waals surface area contributed by atoms with Crippen molar-refractivity contribution >= 4 is 27.3 Å². The van der Waals surface area contributed by atoms with E-state index in [0.29, 0.717) is 29.5 Å². The number of rotatable bonds is 9. The fourth-order valence-corrected chi connectivity index (χ4v) is 3.77. The number of hydrogen-bond acceptors (Lipinski definition) is 5. The van der Waals surface area contributed by atoms with E-state index in [1.54, 1.807) is 48.5 Å². The summed E-state index contributed by atoms with van der Waals surface area (Å²) < 4.78 is 36.6. The summed E-state index contributed by atoms with van der Waals surface area (Å²) >= 11 is 0. The van der Waals surface area contributed by atoms with Crippen LogP contribution in [-0.2, 0) is 21.4 Å². The van der Waals surface area contributed by atoms with Crippen molar-refractivity contribution in [3.63, 3.8) is 0 Å². The average Bonchev–Trinajstić information content (AvgIpc) is 2.77. The predicted octanol–water partition coefficient (Wildman–Crippen LogP) is 3.68. The lowest BCUT2D eigenvalue weighted by Gasteiger charge is -2.22. The van der Waals surface area contributed by atoms with Crippen molar-refractivity contribution in [3.05, 3.63) is 84.4 Å². The van der Waals surface area contributed by atoms with Gasteiger partial charge < -0.3 is 14.8 Å². The summed E-state index contributed by atoms with van der Waals surface area (Å²) in [5.41, 5.74) is 1.86. The number of carbonyl (C=O) groups excluding carboxylic acids is 1. The van der Waals surface area contributed by atoms with Gasteiger partial charge in [0, 0.05) is 0 Å². The molecular formula is C23H24N2O5S. The van der Waals surface area contributed by atoms with Crippen molar-refractivity contribution in [1.29, 1.82) is 0 Å². The smallest absolute Gasteiger partial charge is 0.245 e. The number of nitrogens with zero attached hydrogens (tertiary/aromatic N) is 1. The summed E-state index contributed by atoms with van der Waals surface area (Å²) in [4.78, 5) is 12.5. The van der Waals surface area contributed by atoms with Gasteiger partial charge in [-0.3, -0.25) is 9.10 Å². The molecular weight excluding hydrogens is 416 g/mol. The maximum absolute atomic E-state index is 12.5. The van der Waals surface area contributed by atoms with E-state index in [9.17, 15) is 13.2 Å². The Bertz CT molecular complexity index is 1120. The lowest BCUT2D eigenvalue weighted by Crippen LogP contribution is -2.37. The first kappa shape index (κ1) is 22.2. The van der Waals surface area contributed by atoms with Gasteiger partial charge in [-0.2, -0.15) is 0 Å². The molecule has 3 rings (SSSR count). The number of anilines is 2. The van der Waals surface area contributed by atoms with Crippen LogP contribution in [0.3, 0.4) is 0 Å². The second kappa shape index (κ2) is 9.99. The summed E-state index contributed by atoms with van der Waals surface area (Å²) in [6, 6.07) is 23.2. The zero-order valence-electron chi connectivity index (χ0n) is 17.3. The third-order valence-corrected chi connectivity index (χ3v) is 5.58. The Morgan fingerprint density at radius 3 is 2.23 bits per heavy atom. The molecule has 0 bridgehead atoms. The quantitative estimate of drug-likeness (QED) is 0.549. The second-order valence-electron chi connectivity index (χ2n) is 6.79. The second-order valence-corrected chi connectivity index (χ2v) is 8.69. The zero-order chi connectivity index (χ0) is 22.3. The highest BCUT2D eigenvalue weighted by Gasteiger charge is 2.21. The third-order valence-electron chi connectivity index (χ3n) is 4.44. The van der Waals surface area contributed by atoms with Crippen LogP contribution >= 0.6 is 0 Å². The highest BCUT2D eigenvalue weighted by molar-refractivity contribution is 7.92. The van der Waals surface area contributed by atoms with E-state index in [1.165, 1.54) is 7.11 Å². The molecule has 7 nitrogen and oxygen atoms in total. The van der Waals surface area contributed by atoms with Crippen LogP contribution in [0, 0.1) is 0 Å². The molecule has 0 saturated heterocycles. The van der Waals surface area contributed by atoms with Crippen molar-refractivity contribution in [1.82, 2.24) is 0 Å². The monoisotopic (exact) mass is 440 g/mol. The fourth-order valence-electron chi connectivity index (χ4n) is 2.92. The van der Waals surface area contributed by atoms with E-state index in [0.717, 1.165) is 16.1 Å². The van der Waals surface area contributed by atoms with Gasteiger partial charge in [0.05, 0.1) is 24.7 Å². The molecule has 3 aromatic carbocycles. The van der Waals surface area contributed by atoms with Crippen molar-refractivity contribution in [2.45, 2.75) is 6.61 Å². The minimum atomic E-state index is -3.69. The van der Waals surface area contributed by atoms with E-state index < -0.39 is 15.9 Å². The van der Waals surface area contributed by atoms with Gasteiger partial charge in [0.2, 0.25) is 15.9 Å². The number of nitrogens with one attached hydrogen (secondary N) is 1. The van der Waals surface area contributed by atoms with Gasteiger partial charge in [-0.25, -0.2) is 8.42 Å². The molecule has 1 N–H and O–H groups in total. The van der Waals surface area contributed by atoms with E-state index in [4.69, 9.17) is 9.47 Å². The number of carbonyl (C=O) groups is 1. The Kier molecular flexibility index (Phi) is 7.15. The van der Waals surface area contributed by atoms with Crippen LogP contribution in [0.1, 0.15) is 5.56 Å². The van der Waals surface area contributed by atoms with Gasteiger partial charge in [0.15, 0.2) is 0 Å². The SMILES string of the molecule is COc1ccccc1NC(=O)CN(c1ccc(OCc2ccccc2)cc1)S(C)(=O)=O. The number of benzene rings is 3. The molecule has 3 aromatic rings. The third kappa shape index (κ3) is 6.23. The normalized spacial score (nSPS) is 10.9. The Morgan fingerprint density at radius 2 is 1.58 bits per heavy atom. The van der Waals surface area contributed by atoms with E-state index >= 15 is 0 Å². The molecule has 0 saturated carbocycles. The largest absolute Gasteiger partial charge is 0.495 e. The first-order valence-corrected chi connectivity index (χ1v) is 11.4. The average molecular weight is 441 g/mol. The lowest BCUT2D eigenvalue weighted by molar-refractivity contribution is -0.114. The molecule has 162 valence electrons. The Hall–Kier alpha value is -3.52. The number of amides is 1. The Balaban J connectivity index is 1.70. The van der Waals surface area contributed by atoms with Crippen molar-refractivity contribution in [2.75, 3.05) is 29.5 Å². The minimum absolute atomic E-state index is 0.365. The topological polar surface area (TPSA) is 84.9 Å². The summed E-state index contributed by atoms with van der Waals surface area (Å²) in [5, 5.41) is 2.69. The van der Waals surface area contributed by atoms with Crippen LogP contribution in [0.25, 0.3) is 0 Å². The minimum Gasteiger partial charge on any atom is -0.495 e. The Labute approximate surface area is 182 Å². The number of hydrogen-bond donors (Lipinski definition) is 1. The van der Waals surface area contributed by atoms with Gasteiger partial charge in [-0.1, -0.05) is 42.5 Å². The molecule has 1 amide bonds. The van der Waals surface area contributed by atoms with Gasteiger partial charge in [0.1, 0.15) is 24.7 Å². The zero-order valence-corrected chi connectivity index (χ0v) is 18.1. The first-order chi connectivity index (χ1) is 14.9. The number of methoxy groups -OCH3 is 1. The van der Waals surface area contributed by atoms with Gasteiger partial charge in [-0.15, -0.1) is 0 Å².